The second kappa shape index (κ2) is 12.2. The highest BCUT2D eigenvalue weighted by atomic mass is 32.1. The first-order chi connectivity index (χ1) is 16.8. The van der Waals surface area contributed by atoms with Gasteiger partial charge in [0.05, 0.1) is 6.61 Å². The fraction of sp³-hybridized carbons (Fsp3) is 0.296. The summed E-state index contributed by atoms with van der Waals surface area (Å²) in [6.07, 6.45) is 0. The summed E-state index contributed by atoms with van der Waals surface area (Å²) in [5.74, 6) is -0.922. The molecule has 2 aromatic carbocycles. The molecule has 8 heteroatoms. The quantitative estimate of drug-likeness (QED) is 0.369. The van der Waals surface area contributed by atoms with E-state index in [2.05, 4.69) is 5.32 Å². The standard InChI is InChI=1S/C27H29NO6S/c1-5-32-27(31)25-21(19-9-7-6-8-10-19)16-35-26(25)28-23(29)14-34-24(30)15-33-22-13-18(4)11-12-20(22)17(2)3/h6-13,16-17H,5,14-15H2,1-4H3,(H,28,29). The summed E-state index contributed by atoms with van der Waals surface area (Å²) in [5, 5.41) is 4.78. The third kappa shape index (κ3) is 6.93. The molecule has 0 saturated carbocycles. The first-order valence-corrected chi connectivity index (χ1v) is 12.2. The predicted molar refractivity (Wildman–Crippen MR) is 136 cm³/mol. The van der Waals surface area contributed by atoms with E-state index >= 15 is 0 Å². The van der Waals surface area contributed by atoms with Crippen LogP contribution in [-0.4, -0.2) is 37.7 Å². The van der Waals surface area contributed by atoms with Crippen LogP contribution in [0.5, 0.6) is 5.75 Å². The number of carbonyl (C=O) groups excluding carboxylic acids is 3. The predicted octanol–water partition coefficient (Wildman–Crippen LogP) is 5.58. The molecular formula is C27H29NO6S. The summed E-state index contributed by atoms with van der Waals surface area (Å²) < 4.78 is 15.9. The van der Waals surface area contributed by atoms with Gasteiger partial charge in [-0.2, -0.15) is 0 Å². The molecule has 1 heterocycles. The van der Waals surface area contributed by atoms with E-state index in [0.29, 0.717) is 16.3 Å². The van der Waals surface area contributed by atoms with Crippen LogP contribution in [0.25, 0.3) is 11.1 Å². The van der Waals surface area contributed by atoms with Gasteiger partial charge in [-0.1, -0.05) is 56.3 Å². The molecule has 1 amide bonds. The van der Waals surface area contributed by atoms with Crippen molar-refractivity contribution in [2.75, 3.05) is 25.1 Å². The number of esters is 2. The number of aryl methyl sites for hydroxylation is 1. The van der Waals surface area contributed by atoms with Crippen molar-refractivity contribution in [3.05, 3.63) is 70.6 Å². The van der Waals surface area contributed by atoms with Gasteiger partial charge in [-0.15, -0.1) is 11.3 Å². The summed E-state index contributed by atoms with van der Waals surface area (Å²) in [4.78, 5) is 37.3. The fourth-order valence-corrected chi connectivity index (χ4v) is 4.39. The maximum absolute atomic E-state index is 12.6. The van der Waals surface area contributed by atoms with Crippen molar-refractivity contribution >= 4 is 34.2 Å². The Morgan fingerprint density at radius 1 is 1.00 bits per heavy atom. The van der Waals surface area contributed by atoms with Crippen LogP contribution in [0.15, 0.2) is 53.9 Å². The van der Waals surface area contributed by atoms with E-state index in [0.717, 1.165) is 16.7 Å². The van der Waals surface area contributed by atoms with Crippen LogP contribution in [-0.2, 0) is 19.1 Å². The van der Waals surface area contributed by atoms with Gasteiger partial charge < -0.3 is 19.5 Å². The molecule has 0 aliphatic heterocycles. The minimum absolute atomic E-state index is 0.202. The summed E-state index contributed by atoms with van der Waals surface area (Å²) in [7, 11) is 0. The van der Waals surface area contributed by atoms with Crippen molar-refractivity contribution in [3.8, 4) is 16.9 Å². The van der Waals surface area contributed by atoms with E-state index in [-0.39, 0.29) is 24.7 Å². The van der Waals surface area contributed by atoms with Gasteiger partial charge in [0.15, 0.2) is 13.2 Å². The van der Waals surface area contributed by atoms with Gasteiger partial charge in [0, 0.05) is 10.9 Å². The zero-order valence-corrected chi connectivity index (χ0v) is 21.1. The molecule has 0 atom stereocenters. The lowest BCUT2D eigenvalue weighted by atomic mass is 10.0. The molecule has 35 heavy (non-hydrogen) atoms. The molecule has 0 aliphatic rings. The van der Waals surface area contributed by atoms with Gasteiger partial charge in [0.25, 0.3) is 5.91 Å². The topological polar surface area (TPSA) is 90.9 Å². The Labute approximate surface area is 209 Å². The number of nitrogens with one attached hydrogen (secondary N) is 1. The highest BCUT2D eigenvalue weighted by Gasteiger charge is 2.23. The molecule has 0 radical (unpaired) electrons. The van der Waals surface area contributed by atoms with Crippen LogP contribution in [0.1, 0.15) is 48.2 Å². The third-order valence-electron chi connectivity index (χ3n) is 5.11. The van der Waals surface area contributed by atoms with Gasteiger partial charge >= 0.3 is 11.9 Å². The van der Waals surface area contributed by atoms with Gasteiger partial charge in [-0.05, 0) is 42.5 Å². The number of hydrogen-bond acceptors (Lipinski definition) is 7. The van der Waals surface area contributed by atoms with Crippen LogP contribution in [0.4, 0.5) is 5.00 Å². The van der Waals surface area contributed by atoms with Gasteiger partial charge in [-0.3, -0.25) is 4.79 Å². The molecule has 0 unspecified atom stereocenters. The number of anilines is 1. The first kappa shape index (κ1) is 26.0. The fourth-order valence-electron chi connectivity index (χ4n) is 3.42. The van der Waals surface area contributed by atoms with Crippen LogP contribution in [0.2, 0.25) is 0 Å². The lowest BCUT2D eigenvalue weighted by molar-refractivity contribution is -0.149. The molecule has 3 rings (SSSR count). The van der Waals surface area contributed by atoms with Gasteiger partial charge in [0.1, 0.15) is 16.3 Å². The lowest BCUT2D eigenvalue weighted by Crippen LogP contribution is -2.24. The average molecular weight is 496 g/mol. The van der Waals surface area contributed by atoms with E-state index in [1.54, 1.807) is 12.3 Å². The molecular weight excluding hydrogens is 466 g/mol. The van der Waals surface area contributed by atoms with Crippen molar-refractivity contribution in [2.24, 2.45) is 0 Å². The molecule has 1 N–H and O–H groups in total. The Morgan fingerprint density at radius 2 is 1.74 bits per heavy atom. The maximum Gasteiger partial charge on any atom is 0.344 e. The molecule has 7 nitrogen and oxygen atoms in total. The highest BCUT2D eigenvalue weighted by molar-refractivity contribution is 7.15. The van der Waals surface area contributed by atoms with Crippen LogP contribution in [0.3, 0.4) is 0 Å². The number of ether oxygens (including phenoxy) is 3. The SMILES string of the molecule is CCOC(=O)c1c(-c2ccccc2)csc1NC(=O)COC(=O)COc1cc(C)ccc1C(C)C. The largest absolute Gasteiger partial charge is 0.482 e. The normalized spacial score (nSPS) is 10.7. The van der Waals surface area contributed by atoms with Crippen LogP contribution >= 0.6 is 11.3 Å². The Balaban J connectivity index is 1.62. The number of thiophene rings is 1. The monoisotopic (exact) mass is 495 g/mol. The van der Waals surface area contributed by atoms with Crippen LogP contribution in [0, 0.1) is 6.92 Å². The molecule has 0 aliphatic carbocycles. The van der Waals surface area contributed by atoms with Crippen molar-refractivity contribution < 1.29 is 28.6 Å². The Kier molecular flexibility index (Phi) is 9.03. The maximum atomic E-state index is 12.6. The smallest absolute Gasteiger partial charge is 0.344 e. The lowest BCUT2D eigenvalue weighted by Gasteiger charge is -2.14. The number of carbonyl (C=O) groups is 3. The van der Waals surface area contributed by atoms with E-state index in [1.807, 2.05) is 69.3 Å². The Morgan fingerprint density at radius 3 is 2.43 bits per heavy atom. The van der Waals surface area contributed by atoms with E-state index in [1.165, 1.54) is 11.3 Å². The van der Waals surface area contributed by atoms with Gasteiger partial charge in [-0.25, -0.2) is 9.59 Å². The molecule has 0 bridgehead atoms. The number of rotatable bonds is 10. The van der Waals surface area contributed by atoms with Gasteiger partial charge in [0.2, 0.25) is 0 Å². The Bertz CT molecular complexity index is 1190. The second-order valence-electron chi connectivity index (χ2n) is 8.13. The zero-order valence-electron chi connectivity index (χ0n) is 20.3. The van der Waals surface area contributed by atoms with Crippen LogP contribution < -0.4 is 10.1 Å². The highest BCUT2D eigenvalue weighted by Crippen LogP contribution is 2.36. The number of amides is 1. The van der Waals surface area contributed by atoms with Crippen molar-refractivity contribution in [3.63, 3.8) is 0 Å². The second-order valence-corrected chi connectivity index (χ2v) is 9.01. The van der Waals surface area contributed by atoms with E-state index in [9.17, 15) is 14.4 Å². The third-order valence-corrected chi connectivity index (χ3v) is 6.00. The number of hydrogen-bond donors (Lipinski definition) is 1. The molecule has 0 saturated heterocycles. The average Bonchev–Trinajstić information content (AvgIpc) is 3.25. The molecule has 0 fully saturated rings. The summed E-state index contributed by atoms with van der Waals surface area (Å²) in [6.45, 7) is 7.12. The first-order valence-electron chi connectivity index (χ1n) is 11.3. The zero-order chi connectivity index (χ0) is 25.4. The van der Waals surface area contributed by atoms with Crippen molar-refractivity contribution in [2.45, 2.75) is 33.6 Å². The molecule has 0 spiro atoms. The minimum Gasteiger partial charge on any atom is -0.482 e. The van der Waals surface area contributed by atoms with E-state index < -0.39 is 24.5 Å². The summed E-state index contributed by atoms with van der Waals surface area (Å²) in [6, 6.07) is 15.2. The minimum atomic E-state index is -0.668. The van der Waals surface area contributed by atoms with E-state index in [4.69, 9.17) is 14.2 Å². The molecule has 1 aromatic heterocycles. The molecule has 3 aromatic rings. The van der Waals surface area contributed by atoms with Crippen molar-refractivity contribution in [1.29, 1.82) is 0 Å². The number of benzene rings is 2. The summed E-state index contributed by atoms with van der Waals surface area (Å²) >= 11 is 1.20. The molecule has 184 valence electrons. The summed E-state index contributed by atoms with van der Waals surface area (Å²) in [5.41, 5.74) is 3.76. The van der Waals surface area contributed by atoms with Crippen molar-refractivity contribution in [1.82, 2.24) is 0 Å². The Hall–Kier alpha value is -3.65.